The molecule has 1 amide bonds. The van der Waals surface area contributed by atoms with Gasteiger partial charge in [0.05, 0.1) is 25.3 Å². The van der Waals surface area contributed by atoms with Crippen LogP contribution in [0.5, 0.6) is 17.2 Å². The molecule has 0 radical (unpaired) electrons. The molecule has 7 nitrogen and oxygen atoms in total. The summed E-state index contributed by atoms with van der Waals surface area (Å²) in [6.45, 7) is 2.07. The van der Waals surface area contributed by atoms with Gasteiger partial charge in [-0.25, -0.2) is 4.98 Å². The molecule has 1 atom stereocenters. The van der Waals surface area contributed by atoms with E-state index in [0.717, 1.165) is 34.4 Å². The number of fused-ring (bicyclic) bond motifs is 1. The number of nitrogens with two attached hydrogens (primary N) is 1. The summed E-state index contributed by atoms with van der Waals surface area (Å²) in [4.78, 5) is 17.1. The van der Waals surface area contributed by atoms with Crippen LogP contribution in [0.15, 0.2) is 48.8 Å². The Hall–Kier alpha value is -3.23. The standard InChI is InChI=1S/C24H24ClN3O4S/c1-4-7-18(14-8-5-6-9-15(14)25)32-21-12-22(33-23(21)24(26)29)28-13-27-16-10-19(30-2)20(31-3)11-17(16)28/h5-6,8-13,18H,4,7H2,1-3H3,(H2,26,29)/t18-/m0/s1. The molecule has 2 aromatic carbocycles. The van der Waals surface area contributed by atoms with E-state index in [9.17, 15) is 4.79 Å². The highest BCUT2D eigenvalue weighted by atomic mass is 35.5. The Labute approximate surface area is 200 Å². The van der Waals surface area contributed by atoms with Crippen molar-refractivity contribution in [3.8, 4) is 22.2 Å². The van der Waals surface area contributed by atoms with Crippen molar-refractivity contribution in [2.75, 3.05) is 14.2 Å². The Bertz CT molecular complexity index is 1300. The molecule has 0 spiro atoms. The van der Waals surface area contributed by atoms with Gasteiger partial charge < -0.3 is 19.9 Å². The van der Waals surface area contributed by atoms with E-state index < -0.39 is 5.91 Å². The van der Waals surface area contributed by atoms with Crippen molar-refractivity contribution in [3.63, 3.8) is 0 Å². The first-order chi connectivity index (χ1) is 16.0. The number of carbonyl (C=O) groups excluding carboxylic acids is 1. The molecule has 0 saturated heterocycles. The van der Waals surface area contributed by atoms with Crippen molar-refractivity contribution in [1.29, 1.82) is 0 Å². The van der Waals surface area contributed by atoms with Gasteiger partial charge >= 0.3 is 0 Å². The zero-order valence-electron chi connectivity index (χ0n) is 18.5. The van der Waals surface area contributed by atoms with E-state index >= 15 is 0 Å². The number of benzene rings is 2. The average molecular weight is 486 g/mol. The van der Waals surface area contributed by atoms with Gasteiger partial charge in [-0.1, -0.05) is 43.1 Å². The Kier molecular flexibility index (Phi) is 6.76. The molecule has 0 fully saturated rings. The number of aromatic nitrogens is 2. The lowest BCUT2D eigenvalue weighted by Crippen LogP contribution is -2.13. The lowest BCUT2D eigenvalue weighted by atomic mass is 10.1. The van der Waals surface area contributed by atoms with Crippen molar-refractivity contribution in [1.82, 2.24) is 9.55 Å². The van der Waals surface area contributed by atoms with Gasteiger partial charge in [0.2, 0.25) is 0 Å². The number of thiophene rings is 1. The van der Waals surface area contributed by atoms with Crippen LogP contribution in [0.4, 0.5) is 0 Å². The van der Waals surface area contributed by atoms with Crippen LogP contribution in [0.25, 0.3) is 16.0 Å². The van der Waals surface area contributed by atoms with Crippen LogP contribution in [0.3, 0.4) is 0 Å². The van der Waals surface area contributed by atoms with Crippen LogP contribution in [0.2, 0.25) is 5.02 Å². The fourth-order valence-corrected chi connectivity index (χ4v) is 4.87. The first kappa shape index (κ1) is 22.9. The average Bonchev–Trinajstić information content (AvgIpc) is 3.41. The highest BCUT2D eigenvalue weighted by Crippen LogP contribution is 2.39. The van der Waals surface area contributed by atoms with Crippen LogP contribution in [0, 0.1) is 0 Å². The summed E-state index contributed by atoms with van der Waals surface area (Å²) >= 11 is 7.67. The Morgan fingerprint density at radius 2 is 1.88 bits per heavy atom. The quantitative estimate of drug-likeness (QED) is 0.325. The molecule has 0 aliphatic rings. The van der Waals surface area contributed by atoms with Gasteiger partial charge in [-0.05, 0) is 12.5 Å². The summed E-state index contributed by atoms with van der Waals surface area (Å²) in [6, 6.07) is 13.0. The molecule has 0 bridgehead atoms. The van der Waals surface area contributed by atoms with E-state index in [2.05, 4.69) is 11.9 Å². The first-order valence-electron chi connectivity index (χ1n) is 10.4. The number of methoxy groups -OCH3 is 2. The Balaban J connectivity index is 1.77. The number of halogens is 1. The van der Waals surface area contributed by atoms with Crippen molar-refractivity contribution in [3.05, 3.63) is 64.3 Å². The molecule has 2 N–H and O–H groups in total. The minimum atomic E-state index is -0.556. The molecule has 4 aromatic rings. The van der Waals surface area contributed by atoms with Gasteiger partial charge in [0, 0.05) is 28.8 Å². The Morgan fingerprint density at radius 1 is 1.15 bits per heavy atom. The van der Waals surface area contributed by atoms with E-state index in [1.807, 2.05) is 41.0 Å². The number of hydrogen-bond acceptors (Lipinski definition) is 6. The predicted molar refractivity (Wildman–Crippen MR) is 130 cm³/mol. The van der Waals surface area contributed by atoms with Gasteiger partial charge in [0.15, 0.2) is 11.5 Å². The number of primary amides is 1. The van der Waals surface area contributed by atoms with Crippen LogP contribution >= 0.6 is 22.9 Å². The molecule has 0 aliphatic heterocycles. The Morgan fingerprint density at radius 3 is 2.55 bits per heavy atom. The maximum atomic E-state index is 12.3. The summed E-state index contributed by atoms with van der Waals surface area (Å²) in [6.07, 6.45) is 2.99. The zero-order valence-corrected chi connectivity index (χ0v) is 20.1. The number of hydrogen-bond donors (Lipinski definition) is 1. The lowest BCUT2D eigenvalue weighted by Gasteiger charge is -2.20. The molecule has 2 aromatic heterocycles. The number of imidazole rings is 1. The largest absolute Gasteiger partial charge is 0.493 e. The molecule has 2 heterocycles. The normalized spacial score (nSPS) is 12.0. The summed E-state index contributed by atoms with van der Waals surface area (Å²) in [5.41, 5.74) is 8.09. The SMILES string of the molecule is CCC[C@H](Oc1cc(-n2cnc3cc(OC)c(OC)cc32)sc1C(N)=O)c1ccccc1Cl. The number of amides is 1. The monoisotopic (exact) mass is 485 g/mol. The van der Waals surface area contributed by atoms with Crippen molar-refractivity contribution >= 4 is 39.9 Å². The molecule has 0 aliphatic carbocycles. The zero-order chi connectivity index (χ0) is 23.5. The van der Waals surface area contributed by atoms with Gasteiger partial charge in [-0.2, -0.15) is 0 Å². The second kappa shape index (κ2) is 9.72. The molecule has 0 saturated carbocycles. The number of ether oxygens (including phenoxy) is 3. The first-order valence-corrected chi connectivity index (χ1v) is 11.6. The molecular formula is C24H24ClN3O4S. The maximum Gasteiger partial charge on any atom is 0.262 e. The second-order valence-electron chi connectivity index (χ2n) is 7.37. The van der Waals surface area contributed by atoms with Crippen LogP contribution in [-0.4, -0.2) is 29.7 Å². The summed E-state index contributed by atoms with van der Waals surface area (Å²) in [5.74, 6) is 1.03. The topological polar surface area (TPSA) is 88.6 Å². The smallest absolute Gasteiger partial charge is 0.262 e. The number of carbonyl (C=O) groups is 1. The van der Waals surface area contributed by atoms with E-state index in [1.54, 1.807) is 26.6 Å². The van der Waals surface area contributed by atoms with Gasteiger partial charge in [0.1, 0.15) is 28.1 Å². The molecule has 9 heteroatoms. The molecule has 0 unspecified atom stereocenters. The highest BCUT2D eigenvalue weighted by Gasteiger charge is 2.23. The predicted octanol–water partition coefficient (Wildman–Crippen LogP) is 5.78. The van der Waals surface area contributed by atoms with Crippen molar-refractivity contribution in [2.24, 2.45) is 5.73 Å². The van der Waals surface area contributed by atoms with Gasteiger partial charge in [-0.15, -0.1) is 11.3 Å². The third-order valence-electron chi connectivity index (χ3n) is 5.27. The molecule has 4 rings (SSSR count). The van der Waals surface area contributed by atoms with E-state index in [1.165, 1.54) is 11.3 Å². The van der Waals surface area contributed by atoms with E-state index in [-0.39, 0.29) is 6.10 Å². The third-order valence-corrected chi connectivity index (χ3v) is 6.75. The molecule has 172 valence electrons. The number of rotatable bonds is 9. The van der Waals surface area contributed by atoms with Crippen LogP contribution in [-0.2, 0) is 0 Å². The maximum absolute atomic E-state index is 12.3. The summed E-state index contributed by atoms with van der Waals surface area (Å²) < 4.78 is 19.0. The fraction of sp³-hybridized carbons (Fsp3) is 0.250. The van der Waals surface area contributed by atoms with Gasteiger partial charge in [0.25, 0.3) is 5.91 Å². The molecule has 33 heavy (non-hydrogen) atoms. The summed E-state index contributed by atoms with van der Waals surface area (Å²) in [5, 5.41) is 1.36. The lowest BCUT2D eigenvalue weighted by molar-refractivity contribution is 0.0996. The fourth-order valence-electron chi connectivity index (χ4n) is 3.68. The van der Waals surface area contributed by atoms with Crippen molar-refractivity contribution in [2.45, 2.75) is 25.9 Å². The molecular weight excluding hydrogens is 462 g/mol. The van der Waals surface area contributed by atoms with E-state index in [0.29, 0.717) is 27.1 Å². The minimum Gasteiger partial charge on any atom is -0.493 e. The van der Waals surface area contributed by atoms with Crippen LogP contribution < -0.4 is 19.9 Å². The summed E-state index contributed by atoms with van der Waals surface area (Å²) in [7, 11) is 3.16. The number of nitrogens with zero attached hydrogens (tertiary/aromatic N) is 2. The highest BCUT2D eigenvalue weighted by molar-refractivity contribution is 7.16. The van der Waals surface area contributed by atoms with Gasteiger partial charge in [-0.3, -0.25) is 9.36 Å². The van der Waals surface area contributed by atoms with E-state index in [4.69, 9.17) is 31.5 Å². The third kappa shape index (κ3) is 4.49. The van der Waals surface area contributed by atoms with Crippen LogP contribution in [0.1, 0.15) is 41.1 Å². The minimum absolute atomic E-state index is 0.312. The second-order valence-corrected chi connectivity index (χ2v) is 8.81. The van der Waals surface area contributed by atoms with Crippen molar-refractivity contribution < 1.29 is 19.0 Å².